The Morgan fingerprint density at radius 3 is 2.73 bits per heavy atom. The zero-order chi connectivity index (χ0) is 19.0. The number of benzene rings is 1. The Hall–Kier alpha value is -2.59. The molecule has 0 saturated heterocycles. The number of aryl methyl sites for hydroxylation is 1. The molecule has 3 rings (SSSR count). The van der Waals surface area contributed by atoms with Gasteiger partial charge in [0.1, 0.15) is 5.69 Å². The number of esters is 1. The number of nitrogens with zero attached hydrogens (tertiary/aromatic N) is 3. The molecule has 26 heavy (non-hydrogen) atoms. The van der Waals surface area contributed by atoms with Crippen molar-refractivity contribution >= 4 is 44.3 Å². The van der Waals surface area contributed by atoms with E-state index >= 15 is 0 Å². The van der Waals surface area contributed by atoms with Crippen molar-refractivity contribution in [3.05, 3.63) is 53.1 Å². The van der Waals surface area contributed by atoms with Crippen molar-refractivity contribution in [1.82, 2.24) is 14.6 Å². The summed E-state index contributed by atoms with van der Waals surface area (Å²) >= 11 is 4.39. The topological polar surface area (TPSA) is 99.9 Å². The predicted molar refractivity (Wildman–Crippen MR) is 98.9 cm³/mol. The molecule has 0 bridgehead atoms. The van der Waals surface area contributed by atoms with Crippen LogP contribution in [0.5, 0.6) is 11.5 Å². The highest BCUT2D eigenvalue weighted by Crippen LogP contribution is 2.37. The largest absolute Gasteiger partial charge is 0.493 e. The number of fused-ring (bicyclic) bond motifs is 1. The summed E-state index contributed by atoms with van der Waals surface area (Å²) in [5, 5.41) is 3.96. The Kier molecular flexibility index (Phi) is 4.88. The highest BCUT2D eigenvalue weighted by molar-refractivity contribution is 9.10. The van der Waals surface area contributed by atoms with Crippen LogP contribution < -0.4 is 25.1 Å². The van der Waals surface area contributed by atoms with Gasteiger partial charge in [0.05, 0.1) is 16.1 Å². The van der Waals surface area contributed by atoms with Gasteiger partial charge in [-0.25, -0.2) is 0 Å². The first-order chi connectivity index (χ1) is 12.3. The lowest BCUT2D eigenvalue weighted by molar-refractivity contribution is -0.132. The maximum Gasteiger partial charge on any atom is 0.308 e. The Morgan fingerprint density at radius 2 is 2.08 bits per heavy atom. The van der Waals surface area contributed by atoms with Gasteiger partial charge in [-0.1, -0.05) is 11.3 Å². The van der Waals surface area contributed by atoms with Gasteiger partial charge in [-0.3, -0.25) is 14.4 Å². The van der Waals surface area contributed by atoms with Crippen molar-refractivity contribution in [3.63, 3.8) is 0 Å². The fraction of sp³-hybridized carbons (Fsp3) is 0.188. The number of thiazole rings is 1. The highest BCUT2D eigenvalue weighted by Gasteiger charge is 2.14. The summed E-state index contributed by atoms with van der Waals surface area (Å²) in [6, 6.07) is 3.31. The Balaban J connectivity index is 2.19. The summed E-state index contributed by atoms with van der Waals surface area (Å²) in [6.45, 7) is 2.79. The van der Waals surface area contributed by atoms with Crippen molar-refractivity contribution in [2.45, 2.75) is 13.8 Å². The molecular formula is C16H12BrN3O5S. The van der Waals surface area contributed by atoms with Crippen LogP contribution in [0.15, 0.2) is 26.2 Å². The van der Waals surface area contributed by atoms with Crippen LogP contribution in [0, 0.1) is 6.92 Å². The molecule has 0 unspecified atom stereocenters. The van der Waals surface area contributed by atoms with E-state index < -0.39 is 11.5 Å². The average molecular weight is 438 g/mol. The number of carbonyl (C=O) groups excluding carboxylic acids is 1. The second-order valence-electron chi connectivity index (χ2n) is 5.24. The molecule has 0 fully saturated rings. The van der Waals surface area contributed by atoms with Gasteiger partial charge < -0.3 is 9.47 Å². The van der Waals surface area contributed by atoms with Crippen molar-refractivity contribution in [2.75, 3.05) is 7.11 Å². The van der Waals surface area contributed by atoms with Gasteiger partial charge in [0.2, 0.25) is 4.96 Å². The minimum absolute atomic E-state index is 0.152. The molecule has 0 atom stereocenters. The third-order valence-electron chi connectivity index (χ3n) is 3.34. The van der Waals surface area contributed by atoms with Gasteiger partial charge in [-0.15, -0.1) is 0 Å². The zero-order valence-corrected chi connectivity index (χ0v) is 16.3. The van der Waals surface area contributed by atoms with Crippen LogP contribution in [0.25, 0.3) is 11.0 Å². The Labute approximate surface area is 158 Å². The van der Waals surface area contributed by atoms with Crippen molar-refractivity contribution < 1.29 is 14.3 Å². The smallest absolute Gasteiger partial charge is 0.308 e. The first-order valence-corrected chi connectivity index (χ1v) is 8.89. The van der Waals surface area contributed by atoms with E-state index in [0.29, 0.717) is 20.3 Å². The van der Waals surface area contributed by atoms with Crippen LogP contribution in [0.3, 0.4) is 0 Å². The molecule has 10 heteroatoms. The fourth-order valence-electron chi connectivity index (χ4n) is 2.20. The first-order valence-electron chi connectivity index (χ1n) is 7.28. The number of rotatable bonds is 3. The molecule has 0 N–H and O–H groups in total. The number of hydrogen-bond acceptors (Lipinski definition) is 8. The quantitative estimate of drug-likeness (QED) is 0.446. The monoisotopic (exact) mass is 437 g/mol. The molecule has 2 aromatic heterocycles. The summed E-state index contributed by atoms with van der Waals surface area (Å²) in [5.41, 5.74) is -0.0558. The standard InChI is InChI=1S/C16H12BrN3O5S/c1-7-14(22)18-16-20(19-7)15(23)12(26-16)6-9-4-10(17)13(25-8(2)21)11(5-9)24-3/h4-6H,1-3H3/b12-6-. The molecule has 0 aliphatic rings. The first kappa shape index (κ1) is 18.2. The SMILES string of the molecule is COc1cc(/C=c2\sc3nc(=O)c(C)nn3c2=O)cc(Br)c1OC(C)=O. The van der Waals surface area contributed by atoms with Gasteiger partial charge in [0.15, 0.2) is 11.5 Å². The summed E-state index contributed by atoms with van der Waals surface area (Å²) in [6.07, 6.45) is 1.62. The van der Waals surface area contributed by atoms with E-state index in [1.165, 1.54) is 21.0 Å². The third kappa shape index (κ3) is 3.37. The lowest BCUT2D eigenvalue weighted by Crippen LogP contribution is -2.27. The van der Waals surface area contributed by atoms with E-state index in [4.69, 9.17) is 9.47 Å². The number of hydrogen-bond donors (Lipinski definition) is 0. The molecule has 0 spiro atoms. The fourth-order valence-corrected chi connectivity index (χ4v) is 3.65. The molecule has 0 aliphatic carbocycles. The summed E-state index contributed by atoms with van der Waals surface area (Å²) in [7, 11) is 1.44. The van der Waals surface area contributed by atoms with Crippen LogP contribution in [0.1, 0.15) is 18.2 Å². The van der Waals surface area contributed by atoms with E-state index in [0.717, 1.165) is 15.9 Å². The van der Waals surface area contributed by atoms with Gasteiger partial charge in [0.25, 0.3) is 11.1 Å². The summed E-state index contributed by atoms with van der Waals surface area (Å²) in [4.78, 5) is 39.4. The summed E-state index contributed by atoms with van der Waals surface area (Å²) in [5.74, 6) is 0.0977. The molecule has 2 heterocycles. The number of halogens is 1. The van der Waals surface area contributed by atoms with Crippen LogP contribution in [0.2, 0.25) is 0 Å². The Bertz CT molecular complexity index is 1200. The molecular weight excluding hydrogens is 426 g/mol. The minimum atomic E-state index is -0.482. The van der Waals surface area contributed by atoms with E-state index in [-0.39, 0.29) is 22.0 Å². The molecule has 3 aromatic rings. The van der Waals surface area contributed by atoms with Crippen LogP contribution >= 0.6 is 27.3 Å². The number of methoxy groups -OCH3 is 1. The lowest BCUT2D eigenvalue weighted by atomic mass is 10.2. The molecule has 134 valence electrons. The maximum atomic E-state index is 12.5. The second-order valence-corrected chi connectivity index (χ2v) is 7.10. The third-order valence-corrected chi connectivity index (χ3v) is 4.89. The van der Waals surface area contributed by atoms with Crippen molar-refractivity contribution in [2.24, 2.45) is 0 Å². The number of ether oxygens (including phenoxy) is 2. The van der Waals surface area contributed by atoms with Gasteiger partial charge >= 0.3 is 5.97 Å². The van der Waals surface area contributed by atoms with Gasteiger partial charge in [0, 0.05) is 6.92 Å². The van der Waals surface area contributed by atoms with Gasteiger partial charge in [-0.05, 0) is 46.6 Å². The second kappa shape index (κ2) is 6.96. The van der Waals surface area contributed by atoms with Crippen molar-refractivity contribution in [3.8, 4) is 11.5 Å². The number of carbonyl (C=O) groups is 1. The molecule has 0 saturated carbocycles. The van der Waals surface area contributed by atoms with Crippen LogP contribution in [-0.2, 0) is 4.79 Å². The zero-order valence-electron chi connectivity index (χ0n) is 13.9. The van der Waals surface area contributed by atoms with Crippen LogP contribution in [0.4, 0.5) is 0 Å². The Morgan fingerprint density at radius 1 is 1.35 bits per heavy atom. The van der Waals surface area contributed by atoms with Crippen molar-refractivity contribution in [1.29, 1.82) is 0 Å². The normalized spacial score (nSPS) is 11.8. The molecule has 1 aromatic carbocycles. The van der Waals surface area contributed by atoms with E-state index in [1.54, 1.807) is 18.2 Å². The average Bonchev–Trinajstić information content (AvgIpc) is 2.85. The minimum Gasteiger partial charge on any atom is -0.493 e. The molecule has 0 amide bonds. The maximum absolute atomic E-state index is 12.5. The lowest BCUT2D eigenvalue weighted by Gasteiger charge is -2.10. The summed E-state index contributed by atoms with van der Waals surface area (Å²) < 4.78 is 12.3. The number of aromatic nitrogens is 3. The van der Waals surface area contributed by atoms with E-state index in [1.807, 2.05) is 0 Å². The van der Waals surface area contributed by atoms with Crippen LogP contribution in [-0.4, -0.2) is 27.7 Å². The molecule has 8 nitrogen and oxygen atoms in total. The molecule has 0 aliphatic heterocycles. The highest BCUT2D eigenvalue weighted by atomic mass is 79.9. The van der Waals surface area contributed by atoms with Gasteiger partial charge in [-0.2, -0.15) is 14.6 Å². The van der Waals surface area contributed by atoms with E-state index in [2.05, 4.69) is 26.0 Å². The molecule has 0 radical (unpaired) electrons. The predicted octanol–water partition coefficient (Wildman–Crippen LogP) is 1.06. The van der Waals surface area contributed by atoms with E-state index in [9.17, 15) is 14.4 Å².